The van der Waals surface area contributed by atoms with Gasteiger partial charge in [-0.2, -0.15) is 0 Å². The van der Waals surface area contributed by atoms with Crippen LogP contribution < -0.4 is 15.4 Å². The standard InChI is InChI=1S/C17H24N4O3.HI/c1-18-17(20-12-13-6-8-14(24-2)9-7-13)19-10-11-21-15(22)4-3-5-16(21)23;/h6-9H,3-5,10-12H2,1-2H3,(H2,18,19,20);1H. The number of piperidine rings is 1. The van der Waals surface area contributed by atoms with Gasteiger partial charge in [0.25, 0.3) is 0 Å². The van der Waals surface area contributed by atoms with Gasteiger partial charge in [0.2, 0.25) is 11.8 Å². The summed E-state index contributed by atoms with van der Waals surface area (Å²) in [6.45, 7) is 1.45. The van der Waals surface area contributed by atoms with E-state index in [1.54, 1.807) is 14.2 Å². The van der Waals surface area contributed by atoms with Crippen molar-refractivity contribution >= 4 is 41.8 Å². The fraction of sp³-hybridized carbons (Fsp3) is 0.471. The highest BCUT2D eigenvalue weighted by Crippen LogP contribution is 2.12. The quantitative estimate of drug-likeness (QED) is 0.291. The number of methoxy groups -OCH3 is 1. The monoisotopic (exact) mass is 460 g/mol. The van der Waals surface area contributed by atoms with Crippen LogP contribution in [0.15, 0.2) is 29.3 Å². The number of likely N-dealkylation sites (tertiary alicyclic amines) is 1. The number of hydrogen-bond donors (Lipinski definition) is 2. The number of carbonyl (C=O) groups is 2. The molecule has 1 aromatic carbocycles. The molecule has 1 saturated heterocycles. The Hall–Kier alpha value is -1.84. The van der Waals surface area contributed by atoms with Crippen LogP contribution in [0.25, 0.3) is 0 Å². The minimum Gasteiger partial charge on any atom is -0.497 e. The molecule has 0 radical (unpaired) electrons. The highest BCUT2D eigenvalue weighted by molar-refractivity contribution is 14.0. The third kappa shape index (κ3) is 6.52. The zero-order chi connectivity index (χ0) is 17.4. The molecule has 0 bridgehead atoms. The van der Waals surface area contributed by atoms with Crippen LogP contribution in [0.3, 0.4) is 0 Å². The summed E-state index contributed by atoms with van der Waals surface area (Å²) in [7, 11) is 3.32. The molecule has 25 heavy (non-hydrogen) atoms. The van der Waals surface area contributed by atoms with Gasteiger partial charge in [-0.05, 0) is 24.1 Å². The van der Waals surface area contributed by atoms with Crippen LogP contribution in [0.5, 0.6) is 5.75 Å². The normalized spacial score (nSPS) is 14.8. The molecule has 0 unspecified atom stereocenters. The minimum atomic E-state index is -0.0887. The Balaban J connectivity index is 0.00000312. The number of imide groups is 1. The Labute approximate surface area is 165 Å². The Morgan fingerprint density at radius 3 is 2.36 bits per heavy atom. The molecule has 2 N–H and O–H groups in total. The summed E-state index contributed by atoms with van der Waals surface area (Å²) in [5, 5.41) is 6.31. The van der Waals surface area contributed by atoms with Gasteiger partial charge in [-0.3, -0.25) is 19.5 Å². The first-order valence-corrected chi connectivity index (χ1v) is 8.04. The number of rotatable bonds is 6. The Bertz CT molecular complexity index is 588. The van der Waals surface area contributed by atoms with E-state index in [1.165, 1.54) is 4.90 Å². The van der Waals surface area contributed by atoms with E-state index in [2.05, 4.69) is 15.6 Å². The number of amides is 2. The van der Waals surface area contributed by atoms with Crippen LogP contribution in [0.1, 0.15) is 24.8 Å². The summed E-state index contributed by atoms with van der Waals surface area (Å²) < 4.78 is 5.13. The summed E-state index contributed by atoms with van der Waals surface area (Å²) in [6.07, 6.45) is 1.57. The second-order valence-corrected chi connectivity index (χ2v) is 5.49. The first-order valence-electron chi connectivity index (χ1n) is 8.04. The van der Waals surface area contributed by atoms with Gasteiger partial charge in [-0.15, -0.1) is 24.0 Å². The molecule has 138 valence electrons. The van der Waals surface area contributed by atoms with E-state index >= 15 is 0 Å². The molecule has 8 heteroatoms. The Kier molecular flexibility index (Phi) is 9.25. The third-order valence-corrected chi connectivity index (χ3v) is 3.85. The average Bonchev–Trinajstić information content (AvgIpc) is 2.60. The zero-order valence-corrected chi connectivity index (χ0v) is 16.9. The molecule has 0 aromatic heterocycles. The fourth-order valence-electron chi connectivity index (χ4n) is 2.49. The maximum absolute atomic E-state index is 11.7. The summed E-state index contributed by atoms with van der Waals surface area (Å²) in [5.74, 6) is 1.27. The maximum atomic E-state index is 11.7. The van der Waals surface area contributed by atoms with Crippen molar-refractivity contribution < 1.29 is 14.3 Å². The Morgan fingerprint density at radius 2 is 1.80 bits per heavy atom. The number of benzene rings is 1. The predicted molar refractivity (Wildman–Crippen MR) is 107 cm³/mol. The molecule has 2 rings (SSSR count). The van der Waals surface area contributed by atoms with Crippen LogP contribution in [0, 0.1) is 0 Å². The van der Waals surface area contributed by atoms with Crippen LogP contribution >= 0.6 is 24.0 Å². The molecular formula is C17H25IN4O3. The van der Waals surface area contributed by atoms with Crippen LogP contribution in [0.2, 0.25) is 0 Å². The highest BCUT2D eigenvalue weighted by atomic mass is 127. The smallest absolute Gasteiger partial charge is 0.229 e. The van der Waals surface area contributed by atoms with E-state index in [4.69, 9.17) is 4.74 Å². The van der Waals surface area contributed by atoms with Crippen molar-refractivity contribution in [2.75, 3.05) is 27.2 Å². The number of aliphatic imine (C=N–C) groups is 1. The van der Waals surface area contributed by atoms with Gasteiger partial charge in [0, 0.05) is 39.5 Å². The predicted octanol–water partition coefficient (Wildman–Crippen LogP) is 1.52. The molecule has 2 amide bonds. The first kappa shape index (κ1) is 21.2. The molecule has 1 heterocycles. The van der Waals surface area contributed by atoms with E-state index in [-0.39, 0.29) is 35.8 Å². The molecule has 1 fully saturated rings. The lowest BCUT2D eigenvalue weighted by atomic mass is 10.1. The lowest BCUT2D eigenvalue weighted by molar-refractivity contribution is -0.147. The molecular weight excluding hydrogens is 435 g/mol. The van der Waals surface area contributed by atoms with Crippen molar-refractivity contribution in [3.05, 3.63) is 29.8 Å². The summed E-state index contributed by atoms with van der Waals surface area (Å²) in [6, 6.07) is 7.76. The van der Waals surface area contributed by atoms with Gasteiger partial charge in [-0.1, -0.05) is 12.1 Å². The van der Waals surface area contributed by atoms with Crippen LogP contribution in [0.4, 0.5) is 0 Å². The highest BCUT2D eigenvalue weighted by Gasteiger charge is 2.25. The third-order valence-electron chi connectivity index (χ3n) is 3.85. The minimum absolute atomic E-state index is 0. The first-order chi connectivity index (χ1) is 11.6. The topological polar surface area (TPSA) is 83.0 Å². The summed E-state index contributed by atoms with van der Waals surface area (Å²) in [4.78, 5) is 28.9. The van der Waals surface area contributed by atoms with E-state index < -0.39 is 0 Å². The Morgan fingerprint density at radius 1 is 1.16 bits per heavy atom. The van der Waals surface area contributed by atoms with Gasteiger partial charge >= 0.3 is 0 Å². The van der Waals surface area contributed by atoms with Gasteiger partial charge in [0.1, 0.15) is 5.75 Å². The lowest BCUT2D eigenvalue weighted by Gasteiger charge is -2.25. The fourth-order valence-corrected chi connectivity index (χ4v) is 2.49. The zero-order valence-electron chi connectivity index (χ0n) is 14.6. The second kappa shape index (κ2) is 10.9. The number of nitrogens with zero attached hydrogens (tertiary/aromatic N) is 2. The second-order valence-electron chi connectivity index (χ2n) is 5.49. The van der Waals surface area contributed by atoms with Gasteiger partial charge < -0.3 is 15.4 Å². The molecule has 0 aliphatic carbocycles. The summed E-state index contributed by atoms with van der Waals surface area (Å²) >= 11 is 0. The van der Waals surface area contributed by atoms with Gasteiger partial charge in [0.15, 0.2) is 5.96 Å². The van der Waals surface area contributed by atoms with Crippen molar-refractivity contribution in [3.8, 4) is 5.75 Å². The van der Waals surface area contributed by atoms with Crippen molar-refractivity contribution in [2.45, 2.75) is 25.8 Å². The molecule has 0 atom stereocenters. The van der Waals surface area contributed by atoms with Gasteiger partial charge in [0.05, 0.1) is 7.11 Å². The van der Waals surface area contributed by atoms with E-state index in [9.17, 15) is 9.59 Å². The molecule has 0 saturated carbocycles. The maximum Gasteiger partial charge on any atom is 0.229 e. The number of carbonyl (C=O) groups excluding carboxylic acids is 2. The molecule has 1 aliphatic rings. The largest absolute Gasteiger partial charge is 0.497 e. The number of nitrogens with one attached hydrogen (secondary N) is 2. The number of hydrogen-bond acceptors (Lipinski definition) is 4. The molecule has 1 aromatic rings. The SMILES string of the molecule is CN=C(NCCN1C(=O)CCCC1=O)NCc1ccc(OC)cc1.I. The number of ether oxygens (including phenoxy) is 1. The van der Waals surface area contributed by atoms with Crippen molar-refractivity contribution in [1.82, 2.24) is 15.5 Å². The van der Waals surface area contributed by atoms with Crippen molar-refractivity contribution in [1.29, 1.82) is 0 Å². The number of guanidine groups is 1. The molecule has 1 aliphatic heterocycles. The van der Waals surface area contributed by atoms with Crippen LogP contribution in [-0.4, -0.2) is 49.9 Å². The van der Waals surface area contributed by atoms with E-state index in [1.807, 2.05) is 24.3 Å². The summed E-state index contributed by atoms with van der Waals surface area (Å²) in [5.41, 5.74) is 1.10. The van der Waals surface area contributed by atoms with E-state index in [0.29, 0.717) is 44.9 Å². The van der Waals surface area contributed by atoms with Crippen molar-refractivity contribution in [3.63, 3.8) is 0 Å². The van der Waals surface area contributed by atoms with Crippen molar-refractivity contribution in [2.24, 2.45) is 4.99 Å². The number of halogens is 1. The van der Waals surface area contributed by atoms with Crippen LogP contribution in [-0.2, 0) is 16.1 Å². The lowest BCUT2D eigenvalue weighted by Crippen LogP contribution is -2.46. The molecule has 0 spiro atoms. The van der Waals surface area contributed by atoms with Gasteiger partial charge in [-0.25, -0.2) is 0 Å². The molecule has 7 nitrogen and oxygen atoms in total. The average molecular weight is 460 g/mol. The van der Waals surface area contributed by atoms with E-state index in [0.717, 1.165) is 11.3 Å².